The Hall–Kier alpha value is 0.130. The van der Waals surface area contributed by atoms with Gasteiger partial charge in [-0.1, -0.05) is 6.92 Å². The second-order valence-electron chi connectivity index (χ2n) is 4.76. The first-order chi connectivity index (χ1) is 8.33. The molecule has 2 fully saturated rings. The fourth-order valence-corrected chi connectivity index (χ4v) is 2.80. The number of rotatable bonds is 4. The van der Waals surface area contributed by atoms with Crippen molar-refractivity contribution in [1.29, 1.82) is 0 Å². The van der Waals surface area contributed by atoms with Gasteiger partial charge in [0.1, 0.15) is 0 Å². The van der Waals surface area contributed by atoms with Crippen LogP contribution in [0.3, 0.4) is 0 Å². The molecule has 2 rings (SSSR count). The zero-order valence-corrected chi connectivity index (χ0v) is 11.4. The van der Waals surface area contributed by atoms with Crippen LogP contribution in [0.2, 0.25) is 0 Å². The largest absolute Gasteiger partial charge is 0.378 e. The van der Waals surface area contributed by atoms with Crippen LogP contribution in [0.5, 0.6) is 0 Å². The molecule has 2 saturated heterocycles. The minimum atomic E-state index is 0.326. The van der Waals surface area contributed by atoms with Crippen LogP contribution in [-0.2, 0) is 9.47 Å². The Morgan fingerprint density at radius 2 is 2.18 bits per heavy atom. The molecule has 0 aromatic heterocycles. The van der Waals surface area contributed by atoms with Gasteiger partial charge in [0.05, 0.1) is 25.9 Å². The molecule has 2 aliphatic rings. The molecular formula is C12H23ClN2O2. The third-order valence-electron chi connectivity index (χ3n) is 3.64. The van der Waals surface area contributed by atoms with E-state index in [0.717, 1.165) is 52.5 Å². The van der Waals surface area contributed by atoms with Crippen LogP contribution in [0.25, 0.3) is 0 Å². The van der Waals surface area contributed by atoms with Gasteiger partial charge in [-0.25, -0.2) is 0 Å². The highest BCUT2D eigenvalue weighted by Crippen LogP contribution is 2.13. The maximum atomic E-state index is 5.98. The minimum absolute atomic E-state index is 0.326. The predicted molar refractivity (Wildman–Crippen MR) is 68.8 cm³/mol. The number of halogens is 1. The van der Waals surface area contributed by atoms with Crippen LogP contribution >= 0.6 is 11.6 Å². The molecule has 5 heteroatoms. The Bertz CT molecular complexity index is 231. The third-order valence-corrected chi connectivity index (χ3v) is 3.99. The van der Waals surface area contributed by atoms with Gasteiger partial charge in [0.2, 0.25) is 0 Å². The highest BCUT2D eigenvalue weighted by Gasteiger charge is 2.27. The lowest BCUT2D eigenvalue weighted by Gasteiger charge is -2.39. The topological polar surface area (TPSA) is 24.9 Å². The molecule has 0 amide bonds. The summed E-state index contributed by atoms with van der Waals surface area (Å²) >= 11 is 5.98. The predicted octanol–water partition coefficient (Wildman–Crippen LogP) is 0.647. The average molecular weight is 263 g/mol. The number of morpholine rings is 2. The van der Waals surface area contributed by atoms with Gasteiger partial charge in [-0.05, 0) is 6.54 Å². The summed E-state index contributed by atoms with van der Waals surface area (Å²) in [5, 5.41) is 0. The molecule has 0 aromatic carbocycles. The minimum Gasteiger partial charge on any atom is -0.378 e. The first-order valence-corrected chi connectivity index (χ1v) is 7.08. The van der Waals surface area contributed by atoms with Crippen molar-refractivity contribution in [2.45, 2.75) is 19.1 Å². The number of hydrogen-bond acceptors (Lipinski definition) is 4. The third kappa shape index (κ3) is 3.80. The van der Waals surface area contributed by atoms with E-state index >= 15 is 0 Å². The maximum absolute atomic E-state index is 5.98. The van der Waals surface area contributed by atoms with Crippen LogP contribution in [0.15, 0.2) is 0 Å². The van der Waals surface area contributed by atoms with Gasteiger partial charge in [0, 0.05) is 38.1 Å². The van der Waals surface area contributed by atoms with Gasteiger partial charge >= 0.3 is 0 Å². The lowest BCUT2D eigenvalue weighted by atomic mass is 10.2. The fraction of sp³-hybridized carbons (Fsp3) is 1.00. The highest BCUT2D eigenvalue weighted by molar-refractivity contribution is 6.18. The van der Waals surface area contributed by atoms with Gasteiger partial charge in [0.25, 0.3) is 0 Å². The Morgan fingerprint density at radius 3 is 2.94 bits per heavy atom. The van der Waals surface area contributed by atoms with Crippen molar-refractivity contribution in [3.63, 3.8) is 0 Å². The monoisotopic (exact) mass is 262 g/mol. The van der Waals surface area contributed by atoms with Crippen LogP contribution < -0.4 is 0 Å². The van der Waals surface area contributed by atoms with E-state index in [1.165, 1.54) is 0 Å². The lowest BCUT2D eigenvalue weighted by molar-refractivity contribution is -0.0685. The molecule has 0 aromatic rings. The lowest BCUT2D eigenvalue weighted by Crippen LogP contribution is -2.53. The standard InChI is InChI=1S/C12H23ClN2O2/c1-2-14-3-6-17-12(8-14)9-15-4-5-16-10-11(15)7-13/h11-12H,2-10H2,1H3. The maximum Gasteiger partial charge on any atom is 0.0829 e. The molecule has 4 nitrogen and oxygen atoms in total. The van der Waals surface area contributed by atoms with Crippen LogP contribution in [0.1, 0.15) is 6.92 Å². The zero-order valence-electron chi connectivity index (χ0n) is 10.6. The van der Waals surface area contributed by atoms with Gasteiger partial charge < -0.3 is 9.47 Å². The summed E-state index contributed by atoms with van der Waals surface area (Å²) in [4.78, 5) is 4.87. The summed E-state index contributed by atoms with van der Waals surface area (Å²) in [6.07, 6.45) is 0.326. The SMILES string of the molecule is CCN1CCOC(CN2CCOCC2CCl)C1. The number of hydrogen-bond donors (Lipinski definition) is 0. The first-order valence-electron chi connectivity index (χ1n) is 6.55. The second-order valence-corrected chi connectivity index (χ2v) is 5.07. The molecule has 0 aliphatic carbocycles. The van der Waals surface area contributed by atoms with Crippen molar-refractivity contribution in [2.24, 2.45) is 0 Å². The van der Waals surface area contributed by atoms with E-state index in [-0.39, 0.29) is 0 Å². The van der Waals surface area contributed by atoms with Crippen molar-refractivity contribution in [1.82, 2.24) is 9.80 Å². The van der Waals surface area contributed by atoms with Crippen molar-refractivity contribution < 1.29 is 9.47 Å². The molecule has 100 valence electrons. The van der Waals surface area contributed by atoms with Crippen molar-refractivity contribution in [3.05, 3.63) is 0 Å². The summed E-state index contributed by atoms with van der Waals surface area (Å²) in [5.41, 5.74) is 0. The summed E-state index contributed by atoms with van der Waals surface area (Å²) < 4.78 is 11.3. The molecule has 2 unspecified atom stereocenters. The van der Waals surface area contributed by atoms with Crippen molar-refractivity contribution in [3.8, 4) is 0 Å². The Balaban J connectivity index is 1.81. The van der Waals surface area contributed by atoms with E-state index in [2.05, 4.69) is 16.7 Å². The molecule has 17 heavy (non-hydrogen) atoms. The van der Waals surface area contributed by atoms with Crippen LogP contribution in [0, 0.1) is 0 Å². The molecular weight excluding hydrogens is 240 g/mol. The van der Waals surface area contributed by atoms with E-state index in [0.29, 0.717) is 18.0 Å². The summed E-state index contributed by atoms with van der Waals surface area (Å²) in [7, 11) is 0. The highest BCUT2D eigenvalue weighted by atomic mass is 35.5. The van der Waals surface area contributed by atoms with E-state index < -0.39 is 0 Å². The summed E-state index contributed by atoms with van der Waals surface area (Å²) in [5.74, 6) is 0.643. The zero-order chi connectivity index (χ0) is 12.1. The summed E-state index contributed by atoms with van der Waals surface area (Å²) in [6, 6.07) is 0.353. The molecule has 0 N–H and O–H groups in total. The fourth-order valence-electron chi connectivity index (χ4n) is 2.51. The Morgan fingerprint density at radius 1 is 1.29 bits per heavy atom. The number of alkyl halides is 1. The number of likely N-dealkylation sites (N-methyl/N-ethyl adjacent to an activating group) is 1. The van der Waals surface area contributed by atoms with E-state index in [4.69, 9.17) is 21.1 Å². The Kier molecular flexibility index (Phi) is 5.50. The van der Waals surface area contributed by atoms with Crippen molar-refractivity contribution >= 4 is 11.6 Å². The van der Waals surface area contributed by atoms with E-state index in [1.807, 2.05) is 0 Å². The molecule has 2 atom stereocenters. The molecule has 2 aliphatic heterocycles. The molecule has 0 spiro atoms. The summed E-state index contributed by atoms with van der Waals surface area (Å²) in [6.45, 7) is 9.82. The molecule has 0 bridgehead atoms. The van der Waals surface area contributed by atoms with Crippen LogP contribution in [-0.4, -0.2) is 80.4 Å². The van der Waals surface area contributed by atoms with Crippen molar-refractivity contribution in [2.75, 3.05) is 58.4 Å². The van der Waals surface area contributed by atoms with Gasteiger partial charge in [0.15, 0.2) is 0 Å². The first kappa shape index (κ1) is 13.6. The van der Waals surface area contributed by atoms with Gasteiger partial charge in [-0.3, -0.25) is 9.80 Å². The normalized spacial score (nSPS) is 32.8. The number of ether oxygens (including phenoxy) is 2. The quantitative estimate of drug-likeness (QED) is 0.695. The van der Waals surface area contributed by atoms with Gasteiger partial charge in [-0.2, -0.15) is 0 Å². The number of nitrogens with zero attached hydrogens (tertiary/aromatic N) is 2. The second kappa shape index (κ2) is 6.90. The van der Waals surface area contributed by atoms with E-state index in [9.17, 15) is 0 Å². The Labute approximate surface area is 109 Å². The average Bonchev–Trinajstić information content (AvgIpc) is 2.39. The molecule has 0 radical (unpaired) electrons. The molecule has 0 saturated carbocycles. The molecule has 2 heterocycles. The van der Waals surface area contributed by atoms with Gasteiger partial charge in [-0.15, -0.1) is 11.6 Å². The van der Waals surface area contributed by atoms with Crippen LogP contribution in [0.4, 0.5) is 0 Å². The van der Waals surface area contributed by atoms with E-state index in [1.54, 1.807) is 0 Å². The smallest absolute Gasteiger partial charge is 0.0829 e.